The van der Waals surface area contributed by atoms with Crippen LogP contribution in [0, 0.1) is 0 Å². The number of ether oxygens (including phenoxy) is 1. The van der Waals surface area contributed by atoms with Gasteiger partial charge in [-0.2, -0.15) is 0 Å². The van der Waals surface area contributed by atoms with Crippen molar-refractivity contribution >= 4 is 17.5 Å². The lowest BCUT2D eigenvalue weighted by Gasteiger charge is -2.33. The molecular weight excluding hydrogens is 300 g/mol. The van der Waals surface area contributed by atoms with Gasteiger partial charge in [0.15, 0.2) is 0 Å². The predicted octanol–water partition coefficient (Wildman–Crippen LogP) is 2.82. The first kappa shape index (κ1) is 15.0. The number of nitrogens with zero attached hydrogens (tertiary/aromatic N) is 2. The SMILES string of the molecule is O=C(c1ccccn1)N1CCOC(Cc2ccc(Cl)cc2)C1. The van der Waals surface area contributed by atoms with Gasteiger partial charge in [0.05, 0.1) is 12.7 Å². The topological polar surface area (TPSA) is 42.4 Å². The third kappa shape index (κ3) is 3.64. The second-order valence-corrected chi connectivity index (χ2v) is 5.73. The van der Waals surface area contributed by atoms with Crippen molar-refractivity contribution in [2.24, 2.45) is 0 Å². The zero-order valence-electron chi connectivity index (χ0n) is 12.1. The number of rotatable bonds is 3. The first-order valence-electron chi connectivity index (χ1n) is 7.29. The van der Waals surface area contributed by atoms with Crippen molar-refractivity contribution in [3.05, 3.63) is 64.9 Å². The average molecular weight is 317 g/mol. The second-order valence-electron chi connectivity index (χ2n) is 5.29. The molecule has 0 spiro atoms. The molecule has 1 aliphatic heterocycles. The summed E-state index contributed by atoms with van der Waals surface area (Å²) in [6, 6.07) is 13.1. The van der Waals surface area contributed by atoms with Crippen LogP contribution in [0.2, 0.25) is 5.02 Å². The molecule has 1 unspecified atom stereocenters. The molecule has 4 nitrogen and oxygen atoms in total. The molecule has 22 heavy (non-hydrogen) atoms. The predicted molar refractivity (Wildman–Crippen MR) is 85.0 cm³/mol. The molecule has 1 aromatic heterocycles. The maximum atomic E-state index is 12.4. The van der Waals surface area contributed by atoms with E-state index in [1.54, 1.807) is 18.3 Å². The maximum absolute atomic E-state index is 12.4. The number of amides is 1. The molecule has 1 fully saturated rings. The summed E-state index contributed by atoms with van der Waals surface area (Å²) in [6.45, 7) is 1.74. The van der Waals surface area contributed by atoms with Crippen LogP contribution in [0.1, 0.15) is 16.1 Å². The summed E-state index contributed by atoms with van der Waals surface area (Å²) < 4.78 is 5.78. The smallest absolute Gasteiger partial charge is 0.272 e. The van der Waals surface area contributed by atoms with Crippen molar-refractivity contribution in [1.29, 1.82) is 0 Å². The lowest BCUT2D eigenvalue weighted by Crippen LogP contribution is -2.46. The van der Waals surface area contributed by atoms with E-state index >= 15 is 0 Å². The fourth-order valence-corrected chi connectivity index (χ4v) is 2.69. The number of hydrogen-bond donors (Lipinski definition) is 0. The molecule has 1 aromatic carbocycles. The van der Waals surface area contributed by atoms with Gasteiger partial charge in [-0.05, 0) is 29.8 Å². The van der Waals surface area contributed by atoms with Crippen LogP contribution < -0.4 is 0 Å². The zero-order valence-corrected chi connectivity index (χ0v) is 12.9. The van der Waals surface area contributed by atoms with Crippen molar-refractivity contribution in [2.75, 3.05) is 19.7 Å². The van der Waals surface area contributed by atoms with E-state index in [4.69, 9.17) is 16.3 Å². The van der Waals surface area contributed by atoms with Crippen LogP contribution in [0.25, 0.3) is 0 Å². The van der Waals surface area contributed by atoms with Gasteiger partial charge in [-0.1, -0.05) is 29.8 Å². The standard InChI is InChI=1S/C17H17ClN2O2/c18-14-6-4-13(5-7-14)11-15-12-20(9-10-22-15)17(21)16-3-1-2-8-19-16/h1-8,15H,9-12H2. The minimum atomic E-state index is -0.0370. The number of halogens is 1. The van der Waals surface area contributed by atoms with E-state index in [2.05, 4.69) is 4.98 Å². The lowest BCUT2D eigenvalue weighted by atomic mass is 10.1. The van der Waals surface area contributed by atoms with Gasteiger partial charge in [0, 0.05) is 30.7 Å². The van der Waals surface area contributed by atoms with Gasteiger partial charge in [0.2, 0.25) is 0 Å². The quantitative estimate of drug-likeness (QED) is 0.874. The van der Waals surface area contributed by atoms with E-state index in [0.29, 0.717) is 25.4 Å². The highest BCUT2D eigenvalue weighted by molar-refractivity contribution is 6.30. The molecule has 1 saturated heterocycles. The Bertz CT molecular complexity index is 631. The minimum Gasteiger partial charge on any atom is -0.374 e. The van der Waals surface area contributed by atoms with E-state index in [-0.39, 0.29) is 12.0 Å². The monoisotopic (exact) mass is 316 g/mol. The molecule has 0 radical (unpaired) electrons. The average Bonchev–Trinajstić information content (AvgIpc) is 2.57. The van der Waals surface area contributed by atoms with Crippen molar-refractivity contribution in [3.63, 3.8) is 0 Å². The van der Waals surface area contributed by atoms with Crippen LogP contribution in [0.4, 0.5) is 0 Å². The lowest BCUT2D eigenvalue weighted by molar-refractivity contribution is -0.0210. The van der Waals surface area contributed by atoms with Crippen molar-refractivity contribution in [2.45, 2.75) is 12.5 Å². The molecular formula is C17H17ClN2O2. The highest BCUT2D eigenvalue weighted by atomic mass is 35.5. The number of carbonyl (C=O) groups is 1. The van der Waals surface area contributed by atoms with E-state index < -0.39 is 0 Å². The van der Waals surface area contributed by atoms with Gasteiger partial charge >= 0.3 is 0 Å². The summed E-state index contributed by atoms with van der Waals surface area (Å²) in [5.74, 6) is -0.0370. The number of hydrogen-bond acceptors (Lipinski definition) is 3. The largest absolute Gasteiger partial charge is 0.374 e. The summed E-state index contributed by atoms with van der Waals surface area (Å²) in [7, 11) is 0. The molecule has 114 valence electrons. The molecule has 0 saturated carbocycles. The Morgan fingerprint density at radius 1 is 1.27 bits per heavy atom. The molecule has 0 N–H and O–H groups in total. The molecule has 2 aromatic rings. The van der Waals surface area contributed by atoms with E-state index in [0.717, 1.165) is 17.0 Å². The summed E-state index contributed by atoms with van der Waals surface area (Å²) in [5.41, 5.74) is 1.64. The first-order chi connectivity index (χ1) is 10.7. The fraction of sp³-hybridized carbons (Fsp3) is 0.294. The third-order valence-corrected chi connectivity index (χ3v) is 3.94. The molecule has 1 aliphatic rings. The molecule has 5 heteroatoms. The van der Waals surface area contributed by atoms with E-state index in [1.165, 1.54) is 0 Å². The number of benzene rings is 1. The Labute approximate surface area is 134 Å². The number of carbonyl (C=O) groups excluding carboxylic acids is 1. The Hall–Kier alpha value is -1.91. The summed E-state index contributed by atoms with van der Waals surface area (Å²) in [4.78, 5) is 18.4. The summed E-state index contributed by atoms with van der Waals surface area (Å²) >= 11 is 5.90. The molecule has 0 aliphatic carbocycles. The molecule has 1 amide bonds. The Morgan fingerprint density at radius 2 is 2.09 bits per heavy atom. The minimum absolute atomic E-state index is 0.00240. The number of morpholine rings is 1. The highest BCUT2D eigenvalue weighted by Gasteiger charge is 2.25. The normalized spacial score (nSPS) is 18.2. The van der Waals surface area contributed by atoms with Crippen LogP contribution in [0.5, 0.6) is 0 Å². The summed E-state index contributed by atoms with van der Waals surface area (Å²) in [6.07, 6.45) is 2.41. The molecule has 1 atom stereocenters. The van der Waals surface area contributed by atoms with Gasteiger partial charge in [-0.25, -0.2) is 0 Å². The van der Waals surface area contributed by atoms with Gasteiger partial charge in [-0.3, -0.25) is 9.78 Å². The van der Waals surface area contributed by atoms with Crippen LogP contribution in [-0.4, -0.2) is 41.6 Å². The van der Waals surface area contributed by atoms with Gasteiger partial charge in [0.1, 0.15) is 5.69 Å². The van der Waals surface area contributed by atoms with Crippen LogP contribution in [-0.2, 0) is 11.2 Å². The highest BCUT2D eigenvalue weighted by Crippen LogP contribution is 2.16. The fourth-order valence-electron chi connectivity index (χ4n) is 2.56. The molecule has 0 bridgehead atoms. The second kappa shape index (κ2) is 6.90. The van der Waals surface area contributed by atoms with Crippen molar-refractivity contribution in [3.8, 4) is 0 Å². The van der Waals surface area contributed by atoms with Gasteiger partial charge < -0.3 is 9.64 Å². The van der Waals surface area contributed by atoms with Gasteiger partial charge in [-0.15, -0.1) is 0 Å². The number of pyridine rings is 1. The van der Waals surface area contributed by atoms with Crippen molar-refractivity contribution in [1.82, 2.24) is 9.88 Å². The van der Waals surface area contributed by atoms with Gasteiger partial charge in [0.25, 0.3) is 5.91 Å². The molecule has 3 rings (SSSR count). The van der Waals surface area contributed by atoms with Crippen LogP contribution in [0.15, 0.2) is 48.7 Å². The van der Waals surface area contributed by atoms with Crippen molar-refractivity contribution < 1.29 is 9.53 Å². The number of aromatic nitrogens is 1. The first-order valence-corrected chi connectivity index (χ1v) is 7.66. The Balaban J connectivity index is 1.64. The third-order valence-electron chi connectivity index (χ3n) is 3.69. The Kier molecular flexibility index (Phi) is 4.71. The van der Waals surface area contributed by atoms with Crippen LogP contribution >= 0.6 is 11.6 Å². The van der Waals surface area contributed by atoms with E-state index in [9.17, 15) is 4.79 Å². The summed E-state index contributed by atoms with van der Waals surface area (Å²) in [5, 5.41) is 0.722. The molecule has 2 heterocycles. The van der Waals surface area contributed by atoms with Crippen LogP contribution in [0.3, 0.4) is 0 Å². The Morgan fingerprint density at radius 3 is 2.82 bits per heavy atom. The zero-order chi connectivity index (χ0) is 15.4. The maximum Gasteiger partial charge on any atom is 0.272 e. The van der Waals surface area contributed by atoms with E-state index in [1.807, 2.05) is 35.2 Å².